The van der Waals surface area contributed by atoms with E-state index in [1.807, 2.05) is 6.07 Å². The second kappa shape index (κ2) is 4.66. The number of Topliss-reactive ketones (excluding diaryl/α,β-unsaturated/α-hetero) is 1. The number of nitrogen functional groups attached to an aromatic ring is 1. The van der Waals surface area contributed by atoms with E-state index in [0.717, 1.165) is 24.6 Å². The SMILES string of the molecule is CC(=O)c1sc(N2CCN(C)CC2C)cc1N. The van der Waals surface area contributed by atoms with Crippen molar-refractivity contribution < 1.29 is 4.79 Å². The molecule has 0 bridgehead atoms. The highest BCUT2D eigenvalue weighted by molar-refractivity contribution is 7.18. The van der Waals surface area contributed by atoms with Gasteiger partial charge in [-0.3, -0.25) is 4.79 Å². The van der Waals surface area contributed by atoms with Gasteiger partial charge >= 0.3 is 0 Å². The van der Waals surface area contributed by atoms with Gasteiger partial charge in [0.2, 0.25) is 0 Å². The van der Waals surface area contributed by atoms with Crippen molar-refractivity contribution in [2.75, 3.05) is 37.3 Å². The molecular weight excluding hydrogens is 234 g/mol. The third-order valence-electron chi connectivity index (χ3n) is 3.18. The zero-order valence-electron chi connectivity index (χ0n) is 10.6. The number of thiophene rings is 1. The molecule has 1 aliphatic rings. The molecule has 1 atom stereocenters. The Hall–Kier alpha value is -1.07. The van der Waals surface area contributed by atoms with E-state index in [1.54, 1.807) is 6.92 Å². The number of hydrogen-bond donors (Lipinski definition) is 1. The third kappa shape index (κ3) is 2.45. The molecule has 0 radical (unpaired) electrons. The van der Waals surface area contributed by atoms with Gasteiger partial charge in [0.05, 0.1) is 15.6 Å². The number of nitrogens with zero attached hydrogens (tertiary/aromatic N) is 2. The quantitative estimate of drug-likeness (QED) is 0.815. The van der Waals surface area contributed by atoms with Crippen LogP contribution in [-0.4, -0.2) is 43.4 Å². The molecule has 1 aliphatic heterocycles. The van der Waals surface area contributed by atoms with Crippen molar-refractivity contribution >= 4 is 27.8 Å². The molecule has 4 nitrogen and oxygen atoms in total. The van der Waals surface area contributed by atoms with Crippen molar-refractivity contribution in [1.29, 1.82) is 0 Å². The summed E-state index contributed by atoms with van der Waals surface area (Å²) in [6.07, 6.45) is 0. The molecule has 0 amide bonds. The average Bonchev–Trinajstić information content (AvgIpc) is 2.60. The molecule has 5 heteroatoms. The first-order valence-corrected chi connectivity index (χ1v) is 6.66. The number of rotatable bonds is 2. The molecule has 17 heavy (non-hydrogen) atoms. The van der Waals surface area contributed by atoms with Crippen LogP contribution in [0, 0.1) is 0 Å². The van der Waals surface area contributed by atoms with Gasteiger partial charge in [-0.25, -0.2) is 0 Å². The lowest BCUT2D eigenvalue weighted by molar-refractivity contribution is 0.102. The van der Waals surface area contributed by atoms with Gasteiger partial charge in [0.25, 0.3) is 0 Å². The van der Waals surface area contributed by atoms with Crippen molar-refractivity contribution in [3.8, 4) is 0 Å². The first kappa shape index (κ1) is 12.4. The Kier molecular flexibility index (Phi) is 3.40. The highest BCUT2D eigenvalue weighted by Gasteiger charge is 2.24. The Morgan fingerprint density at radius 2 is 2.24 bits per heavy atom. The Labute approximate surface area is 106 Å². The fourth-order valence-corrected chi connectivity index (χ4v) is 3.38. The van der Waals surface area contributed by atoms with Crippen molar-refractivity contribution in [3.05, 3.63) is 10.9 Å². The Balaban J connectivity index is 2.22. The van der Waals surface area contributed by atoms with Gasteiger partial charge in [0.15, 0.2) is 5.78 Å². The maximum Gasteiger partial charge on any atom is 0.171 e. The number of hydrogen-bond acceptors (Lipinski definition) is 5. The molecule has 94 valence electrons. The summed E-state index contributed by atoms with van der Waals surface area (Å²) in [5.41, 5.74) is 6.49. The smallest absolute Gasteiger partial charge is 0.171 e. The summed E-state index contributed by atoms with van der Waals surface area (Å²) in [5.74, 6) is 0.0560. The molecule has 2 N–H and O–H groups in total. The topological polar surface area (TPSA) is 49.6 Å². The summed E-state index contributed by atoms with van der Waals surface area (Å²) in [4.78, 5) is 16.7. The number of piperazine rings is 1. The van der Waals surface area contributed by atoms with Crippen LogP contribution in [0.15, 0.2) is 6.07 Å². The van der Waals surface area contributed by atoms with E-state index in [-0.39, 0.29) is 5.78 Å². The number of nitrogens with two attached hydrogens (primary N) is 1. The molecule has 1 saturated heterocycles. The van der Waals surface area contributed by atoms with Crippen LogP contribution < -0.4 is 10.6 Å². The Morgan fingerprint density at radius 3 is 2.76 bits per heavy atom. The number of likely N-dealkylation sites (N-methyl/N-ethyl adjacent to an activating group) is 1. The summed E-state index contributed by atoms with van der Waals surface area (Å²) in [6.45, 7) is 6.87. The van der Waals surface area contributed by atoms with Gasteiger partial charge < -0.3 is 15.5 Å². The number of carbonyl (C=O) groups is 1. The maximum absolute atomic E-state index is 11.4. The summed E-state index contributed by atoms with van der Waals surface area (Å²) >= 11 is 1.51. The number of carbonyl (C=O) groups excluding carboxylic acids is 1. The highest BCUT2D eigenvalue weighted by Crippen LogP contribution is 2.34. The summed E-state index contributed by atoms with van der Waals surface area (Å²) in [6, 6.07) is 2.40. The standard InChI is InChI=1S/C12H19N3OS/c1-8-7-14(3)4-5-15(8)11-6-10(13)12(17-11)9(2)16/h6,8H,4-5,7,13H2,1-3H3. The predicted octanol–water partition coefficient (Wildman–Crippen LogP) is 1.67. The monoisotopic (exact) mass is 253 g/mol. The van der Waals surface area contributed by atoms with Crippen LogP contribution in [0.1, 0.15) is 23.5 Å². The van der Waals surface area contributed by atoms with Crippen LogP contribution in [0.4, 0.5) is 10.7 Å². The molecule has 0 saturated carbocycles. The second-order valence-electron chi connectivity index (χ2n) is 4.73. The fraction of sp³-hybridized carbons (Fsp3) is 0.583. The van der Waals surface area contributed by atoms with Crippen molar-refractivity contribution in [2.24, 2.45) is 0 Å². The van der Waals surface area contributed by atoms with E-state index < -0.39 is 0 Å². The van der Waals surface area contributed by atoms with Crippen LogP contribution in [0.25, 0.3) is 0 Å². The zero-order valence-corrected chi connectivity index (χ0v) is 11.4. The molecule has 1 fully saturated rings. The largest absolute Gasteiger partial charge is 0.397 e. The average molecular weight is 253 g/mol. The molecule has 2 rings (SSSR count). The predicted molar refractivity (Wildman–Crippen MR) is 73.0 cm³/mol. The minimum atomic E-state index is 0.0560. The van der Waals surface area contributed by atoms with Crippen LogP contribution >= 0.6 is 11.3 Å². The minimum absolute atomic E-state index is 0.0560. The van der Waals surface area contributed by atoms with Crippen molar-refractivity contribution in [2.45, 2.75) is 19.9 Å². The fourth-order valence-electron chi connectivity index (χ4n) is 2.28. The van der Waals surface area contributed by atoms with Gasteiger partial charge in [-0.2, -0.15) is 0 Å². The van der Waals surface area contributed by atoms with E-state index in [9.17, 15) is 4.79 Å². The van der Waals surface area contributed by atoms with Crippen LogP contribution in [0.3, 0.4) is 0 Å². The lowest BCUT2D eigenvalue weighted by Crippen LogP contribution is -2.50. The summed E-state index contributed by atoms with van der Waals surface area (Å²) in [5, 5.41) is 1.12. The van der Waals surface area contributed by atoms with Crippen molar-refractivity contribution in [1.82, 2.24) is 4.90 Å². The molecule has 0 aromatic carbocycles. The highest BCUT2D eigenvalue weighted by atomic mass is 32.1. The summed E-state index contributed by atoms with van der Waals surface area (Å²) < 4.78 is 0. The lowest BCUT2D eigenvalue weighted by Gasteiger charge is -2.38. The Morgan fingerprint density at radius 1 is 1.53 bits per heavy atom. The van der Waals surface area contributed by atoms with Gasteiger partial charge in [0, 0.05) is 32.6 Å². The molecule has 1 aromatic heterocycles. The summed E-state index contributed by atoms with van der Waals surface area (Å²) in [7, 11) is 2.14. The van der Waals surface area contributed by atoms with E-state index in [4.69, 9.17) is 5.73 Å². The van der Waals surface area contributed by atoms with E-state index >= 15 is 0 Å². The zero-order chi connectivity index (χ0) is 12.6. The van der Waals surface area contributed by atoms with Gasteiger partial charge in [-0.05, 0) is 20.0 Å². The molecule has 0 spiro atoms. The van der Waals surface area contributed by atoms with E-state index in [1.165, 1.54) is 11.3 Å². The Bertz CT molecular complexity index is 429. The lowest BCUT2D eigenvalue weighted by atomic mass is 10.2. The van der Waals surface area contributed by atoms with Crippen LogP contribution in [0.2, 0.25) is 0 Å². The maximum atomic E-state index is 11.4. The van der Waals surface area contributed by atoms with E-state index in [2.05, 4.69) is 23.8 Å². The molecule has 0 aliphatic carbocycles. The number of anilines is 2. The van der Waals surface area contributed by atoms with Gasteiger partial charge in [-0.15, -0.1) is 11.3 Å². The molecular formula is C12H19N3OS. The first-order valence-electron chi connectivity index (χ1n) is 5.84. The first-order chi connectivity index (χ1) is 7.99. The van der Waals surface area contributed by atoms with Crippen LogP contribution in [-0.2, 0) is 0 Å². The van der Waals surface area contributed by atoms with Gasteiger partial charge in [-0.1, -0.05) is 0 Å². The normalized spacial score (nSPS) is 21.8. The van der Waals surface area contributed by atoms with Gasteiger partial charge in [0.1, 0.15) is 0 Å². The molecule has 1 aromatic rings. The number of ketones is 1. The van der Waals surface area contributed by atoms with Crippen LogP contribution in [0.5, 0.6) is 0 Å². The molecule has 2 heterocycles. The van der Waals surface area contributed by atoms with Crippen molar-refractivity contribution in [3.63, 3.8) is 0 Å². The minimum Gasteiger partial charge on any atom is -0.397 e. The molecule has 1 unspecified atom stereocenters. The van der Waals surface area contributed by atoms with E-state index in [0.29, 0.717) is 16.6 Å². The third-order valence-corrected chi connectivity index (χ3v) is 4.47. The second-order valence-corrected chi connectivity index (χ2v) is 5.76.